The zero-order valence-corrected chi connectivity index (χ0v) is 17.1. The van der Waals surface area contributed by atoms with Crippen molar-refractivity contribution in [2.75, 3.05) is 13.3 Å². The Morgan fingerprint density at radius 1 is 1.07 bits per heavy atom. The number of rotatable bonds is 8. The Bertz CT molecular complexity index is 955. The zero-order valence-electron chi connectivity index (χ0n) is 16.3. The van der Waals surface area contributed by atoms with Crippen molar-refractivity contribution in [2.24, 2.45) is 0 Å². The number of thiophene rings is 1. The molecule has 2 N–H and O–H groups in total. The number of aryl methyl sites for hydroxylation is 1. The maximum Gasteiger partial charge on any atom is 0.234 e. The van der Waals surface area contributed by atoms with E-state index in [9.17, 15) is 4.79 Å². The van der Waals surface area contributed by atoms with Crippen molar-refractivity contribution in [3.05, 3.63) is 81.5 Å². The van der Waals surface area contributed by atoms with E-state index in [2.05, 4.69) is 53.3 Å². The quantitative estimate of drug-likeness (QED) is 0.591. The number of fused-ring (bicyclic) bond motifs is 1. The molecule has 6 heteroatoms. The molecule has 0 spiro atoms. The molecule has 3 aromatic rings. The fourth-order valence-electron chi connectivity index (χ4n) is 3.29. The largest absolute Gasteiger partial charge is 0.454 e. The van der Waals surface area contributed by atoms with Gasteiger partial charge in [0.1, 0.15) is 0 Å². The molecule has 2 heterocycles. The van der Waals surface area contributed by atoms with E-state index in [4.69, 9.17) is 9.47 Å². The highest BCUT2D eigenvalue weighted by atomic mass is 32.1. The van der Waals surface area contributed by atoms with Crippen LogP contribution in [-0.4, -0.2) is 19.2 Å². The van der Waals surface area contributed by atoms with Crippen LogP contribution in [0.3, 0.4) is 0 Å². The molecule has 1 aliphatic rings. The normalized spacial score (nSPS) is 13.3. The molecule has 0 bridgehead atoms. The Morgan fingerprint density at radius 3 is 2.62 bits per heavy atom. The molecule has 1 amide bonds. The average molecular weight is 409 g/mol. The molecule has 2 aromatic carbocycles. The molecule has 0 saturated carbocycles. The van der Waals surface area contributed by atoms with Crippen LogP contribution in [0.5, 0.6) is 11.5 Å². The van der Waals surface area contributed by atoms with Gasteiger partial charge in [0.25, 0.3) is 0 Å². The molecule has 0 radical (unpaired) electrons. The maximum atomic E-state index is 12.4. The second-order valence-electron chi connectivity index (χ2n) is 6.89. The number of hydrogen-bond donors (Lipinski definition) is 2. The lowest BCUT2D eigenvalue weighted by Crippen LogP contribution is -2.35. The lowest BCUT2D eigenvalue weighted by atomic mass is 10.0. The molecule has 0 aliphatic carbocycles. The summed E-state index contributed by atoms with van der Waals surface area (Å²) in [5, 5.41) is 8.43. The molecule has 1 aliphatic heterocycles. The van der Waals surface area contributed by atoms with E-state index in [1.54, 1.807) is 11.3 Å². The first kappa shape index (κ1) is 19.5. The van der Waals surface area contributed by atoms with Gasteiger partial charge in [-0.3, -0.25) is 10.1 Å². The van der Waals surface area contributed by atoms with Crippen molar-refractivity contribution in [1.82, 2.24) is 10.6 Å². The number of carbonyl (C=O) groups excluding carboxylic acids is 1. The monoisotopic (exact) mass is 408 g/mol. The Kier molecular flexibility index (Phi) is 6.12. The SMILES string of the molecule is CCc1ccc(C(NCC(=O)NCc2ccc3c(c2)OCO3)c2cccs2)cc1. The second-order valence-corrected chi connectivity index (χ2v) is 7.87. The predicted molar refractivity (Wildman–Crippen MR) is 114 cm³/mol. The van der Waals surface area contributed by atoms with Crippen molar-refractivity contribution in [3.63, 3.8) is 0 Å². The highest BCUT2D eigenvalue weighted by Gasteiger charge is 2.17. The summed E-state index contributed by atoms with van der Waals surface area (Å²) < 4.78 is 10.7. The summed E-state index contributed by atoms with van der Waals surface area (Å²) in [7, 11) is 0. The van der Waals surface area contributed by atoms with Crippen LogP contribution < -0.4 is 20.1 Å². The fraction of sp³-hybridized carbons (Fsp3) is 0.261. The topological polar surface area (TPSA) is 59.6 Å². The number of nitrogens with one attached hydrogen (secondary N) is 2. The molecule has 150 valence electrons. The van der Waals surface area contributed by atoms with Crippen LogP contribution in [-0.2, 0) is 17.8 Å². The minimum Gasteiger partial charge on any atom is -0.454 e. The molecule has 0 fully saturated rings. The standard InChI is InChI=1S/C23H24N2O3S/c1-2-16-5-8-18(9-6-16)23(21-4-3-11-29-21)25-14-22(26)24-13-17-7-10-19-20(12-17)28-15-27-19/h3-12,23,25H,2,13-15H2,1H3,(H,24,26). The van der Waals surface area contributed by atoms with Gasteiger partial charge in [0.15, 0.2) is 11.5 Å². The van der Waals surface area contributed by atoms with E-state index in [1.165, 1.54) is 10.4 Å². The van der Waals surface area contributed by atoms with Crippen LogP contribution in [0.2, 0.25) is 0 Å². The second kappa shape index (κ2) is 9.11. The van der Waals surface area contributed by atoms with Crippen LogP contribution in [0.4, 0.5) is 0 Å². The zero-order chi connectivity index (χ0) is 20.1. The van der Waals surface area contributed by atoms with Crippen LogP contribution in [0.1, 0.15) is 34.5 Å². The van der Waals surface area contributed by atoms with Gasteiger partial charge in [-0.15, -0.1) is 11.3 Å². The van der Waals surface area contributed by atoms with Gasteiger partial charge in [0.05, 0.1) is 12.6 Å². The smallest absolute Gasteiger partial charge is 0.234 e. The minimum atomic E-state index is -0.0469. The third-order valence-corrected chi connectivity index (χ3v) is 5.88. The third-order valence-electron chi connectivity index (χ3n) is 4.94. The van der Waals surface area contributed by atoms with Crippen molar-refractivity contribution < 1.29 is 14.3 Å². The highest BCUT2D eigenvalue weighted by molar-refractivity contribution is 7.10. The molecule has 4 rings (SSSR count). The van der Waals surface area contributed by atoms with Gasteiger partial charge < -0.3 is 14.8 Å². The molecular weight excluding hydrogens is 384 g/mol. The molecule has 1 unspecified atom stereocenters. The molecule has 29 heavy (non-hydrogen) atoms. The van der Waals surface area contributed by atoms with Gasteiger partial charge in [0, 0.05) is 11.4 Å². The van der Waals surface area contributed by atoms with Gasteiger partial charge in [-0.1, -0.05) is 43.3 Å². The number of benzene rings is 2. The van der Waals surface area contributed by atoms with E-state index < -0.39 is 0 Å². The van der Waals surface area contributed by atoms with Crippen molar-refractivity contribution in [3.8, 4) is 11.5 Å². The van der Waals surface area contributed by atoms with Gasteiger partial charge in [-0.05, 0) is 46.7 Å². The lowest BCUT2D eigenvalue weighted by Gasteiger charge is -2.18. The molecule has 5 nitrogen and oxygen atoms in total. The predicted octanol–water partition coefficient (Wildman–Crippen LogP) is 4.03. The summed E-state index contributed by atoms with van der Waals surface area (Å²) in [5.41, 5.74) is 3.45. The van der Waals surface area contributed by atoms with Crippen molar-refractivity contribution >= 4 is 17.2 Å². The summed E-state index contributed by atoms with van der Waals surface area (Å²) in [6.07, 6.45) is 1.01. The maximum absolute atomic E-state index is 12.4. The van der Waals surface area contributed by atoms with Crippen molar-refractivity contribution in [2.45, 2.75) is 25.9 Å². The number of ether oxygens (including phenoxy) is 2. The fourth-order valence-corrected chi connectivity index (χ4v) is 4.12. The Balaban J connectivity index is 1.36. The van der Waals surface area contributed by atoms with Crippen LogP contribution >= 0.6 is 11.3 Å². The minimum absolute atomic E-state index is 0.00259. The first-order valence-corrected chi connectivity index (χ1v) is 10.6. The van der Waals surface area contributed by atoms with E-state index in [1.807, 2.05) is 24.3 Å². The first-order chi connectivity index (χ1) is 14.2. The third kappa shape index (κ3) is 4.78. The van der Waals surface area contributed by atoms with Gasteiger partial charge in [-0.25, -0.2) is 0 Å². The molecular formula is C23H24N2O3S. The number of hydrogen-bond acceptors (Lipinski definition) is 5. The van der Waals surface area contributed by atoms with Crippen molar-refractivity contribution in [1.29, 1.82) is 0 Å². The summed E-state index contributed by atoms with van der Waals surface area (Å²) in [6, 6.07) is 18.4. The summed E-state index contributed by atoms with van der Waals surface area (Å²) in [4.78, 5) is 13.6. The molecule has 1 aromatic heterocycles. The van der Waals surface area contributed by atoms with Crippen LogP contribution in [0.15, 0.2) is 60.0 Å². The summed E-state index contributed by atoms with van der Waals surface area (Å²) in [5.74, 6) is 1.42. The summed E-state index contributed by atoms with van der Waals surface area (Å²) >= 11 is 1.69. The lowest BCUT2D eigenvalue weighted by molar-refractivity contribution is -0.120. The Labute approximate surface area is 174 Å². The highest BCUT2D eigenvalue weighted by Crippen LogP contribution is 2.32. The number of amides is 1. The van der Waals surface area contributed by atoms with E-state index in [0.29, 0.717) is 6.54 Å². The van der Waals surface area contributed by atoms with E-state index in [-0.39, 0.29) is 25.3 Å². The van der Waals surface area contributed by atoms with Gasteiger partial charge in [0.2, 0.25) is 12.7 Å². The van der Waals surface area contributed by atoms with E-state index in [0.717, 1.165) is 29.0 Å². The number of carbonyl (C=O) groups is 1. The van der Waals surface area contributed by atoms with Crippen LogP contribution in [0.25, 0.3) is 0 Å². The first-order valence-electron chi connectivity index (χ1n) is 9.74. The molecule has 1 atom stereocenters. The Morgan fingerprint density at radius 2 is 1.86 bits per heavy atom. The molecule has 0 saturated heterocycles. The van der Waals surface area contributed by atoms with Gasteiger partial charge >= 0.3 is 0 Å². The average Bonchev–Trinajstić information content (AvgIpc) is 3.44. The Hall–Kier alpha value is -2.83. The summed E-state index contributed by atoms with van der Waals surface area (Å²) in [6.45, 7) is 3.08. The van der Waals surface area contributed by atoms with E-state index >= 15 is 0 Å². The van der Waals surface area contributed by atoms with Crippen LogP contribution in [0, 0.1) is 0 Å². The van der Waals surface area contributed by atoms with Gasteiger partial charge in [-0.2, -0.15) is 0 Å².